The molecule has 25 heavy (non-hydrogen) atoms. The smallest absolute Gasteiger partial charge is 0.227 e. The summed E-state index contributed by atoms with van der Waals surface area (Å²) in [6, 6.07) is 3.95. The number of nitrogens with zero attached hydrogens (tertiary/aromatic N) is 6. The SMILES string of the molecule is CCNc1ccnc(N2CCN(c3ncnc4cc(C)[nH]c34)CC2)n1. The number of H-pyrrole nitrogens is 1. The topological polar surface area (TPSA) is 85.9 Å². The fourth-order valence-corrected chi connectivity index (χ4v) is 3.20. The number of fused-ring (bicyclic) bond motifs is 1. The normalized spacial score (nSPS) is 15.0. The van der Waals surface area contributed by atoms with Crippen LogP contribution >= 0.6 is 0 Å². The zero-order valence-corrected chi connectivity index (χ0v) is 14.5. The molecule has 0 amide bonds. The maximum atomic E-state index is 4.59. The molecule has 3 aromatic heterocycles. The van der Waals surface area contributed by atoms with Crippen LogP contribution in [-0.4, -0.2) is 57.6 Å². The second-order valence-electron chi connectivity index (χ2n) is 6.16. The van der Waals surface area contributed by atoms with Crippen LogP contribution in [0.4, 0.5) is 17.6 Å². The van der Waals surface area contributed by atoms with Crippen LogP contribution in [0.2, 0.25) is 0 Å². The number of piperazine rings is 1. The van der Waals surface area contributed by atoms with E-state index in [2.05, 4.69) is 53.0 Å². The first-order valence-electron chi connectivity index (χ1n) is 8.61. The van der Waals surface area contributed by atoms with Crippen LogP contribution in [0.5, 0.6) is 0 Å². The van der Waals surface area contributed by atoms with Crippen molar-refractivity contribution in [2.45, 2.75) is 13.8 Å². The van der Waals surface area contributed by atoms with E-state index in [9.17, 15) is 0 Å². The molecule has 1 fully saturated rings. The highest BCUT2D eigenvalue weighted by atomic mass is 15.3. The predicted molar refractivity (Wildman–Crippen MR) is 99.2 cm³/mol. The number of aryl methyl sites for hydroxylation is 1. The Bertz CT molecular complexity index is 866. The summed E-state index contributed by atoms with van der Waals surface area (Å²) in [5.74, 6) is 2.62. The Morgan fingerprint density at radius 2 is 1.92 bits per heavy atom. The molecule has 0 spiro atoms. The highest BCUT2D eigenvalue weighted by Gasteiger charge is 2.22. The van der Waals surface area contributed by atoms with Crippen LogP contribution < -0.4 is 15.1 Å². The molecule has 0 bridgehead atoms. The molecule has 0 aliphatic carbocycles. The molecule has 1 aliphatic heterocycles. The summed E-state index contributed by atoms with van der Waals surface area (Å²) in [7, 11) is 0. The lowest BCUT2D eigenvalue weighted by atomic mass is 10.3. The van der Waals surface area contributed by atoms with Gasteiger partial charge in [-0.1, -0.05) is 0 Å². The lowest BCUT2D eigenvalue weighted by molar-refractivity contribution is 0.635. The Balaban J connectivity index is 1.50. The third-order valence-electron chi connectivity index (χ3n) is 4.39. The van der Waals surface area contributed by atoms with Gasteiger partial charge in [0.25, 0.3) is 0 Å². The first-order valence-corrected chi connectivity index (χ1v) is 8.61. The lowest BCUT2D eigenvalue weighted by Crippen LogP contribution is -2.47. The molecule has 4 rings (SSSR count). The maximum Gasteiger partial charge on any atom is 0.227 e. The van der Waals surface area contributed by atoms with Gasteiger partial charge in [0.1, 0.15) is 17.7 Å². The van der Waals surface area contributed by atoms with Crippen LogP contribution in [0, 0.1) is 6.92 Å². The van der Waals surface area contributed by atoms with Gasteiger partial charge in [0.05, 0.1) is 5.52 Å². The molecule has 0 atom stereocenters. The minimum atomic E-state index is 0.779. The third kappa shape index (κ3) is 3.07. The van der Waals surface area contributed by atoms with E-state index in [-0.39, 0.29) is 0 Å². The molecular formula is C17H22N8. The molecule has 8 nitrogen and oxygen atoms in total. The van der Waals surface area contributed by atoms with Crippen molar-refractivity contribution in [3.8, 4) is 0 Å². The Hall–Kier alpha value is -2.90. The van der Waals surface area contributed by atoms with Gasteiger partial charge in [-0.3, -0.25) is 0 Å². The first kappa shape index (κ1) is 15.6. The number of hydrogen-bond donors (Lipinski definition) is 2. The molecule has 0 unspecified atom stereocenters. The van der Waals surface area contributed by atoms with Gasteiger partial charge in [0.15, 0.2) is 5.82 Å². The minimum Gasteiger partial charge on any atom is -0.370 e. The molecule has 4 heterocycles. The average Bonchev–Trinajstić information content (AvgIpc) is 3.02. The molecular weight excluding hydrogens is 316 g/mol. The van der Waals surface area contributed by atoms with E-state index in [4.69, 9.17) is 0 Å². The van der Waals surface area contributed by atoms with Crippen LogP contribution in [0.3, 0.4) is 0 Å². The van der Waals surface area contributed by atoms with E-state index >= 15 is 0 Å². The van der Waals surface area contributed by atoms with Crippen LogP contribution in [0.1, 0.15) is 12.6 Å². The molecule has 2 N–H and O–H groups in total. The fraction of sp³-hybridized carbons (Fsp3) is 0.412. The van der Waals surface area contributed by atoms with E-state index in [0.29, 0.717) is 0 Å². The Morgan fingerprint density at radius 1 is 1.12 bits per heavy atom. The fourth-order valence-electron chi connectivity index (χ4n) is 3.20. The van der Waals surface area contributed by atoms with Crippen LogP contribution in [0.15, 0.2) is 24.7 Å². The summed E-state index contributed by atoms with van der Waals surface area (Å²) in [6.07, 6.45) is 3.45. The molecule has 0 radical (unpaired) electrons. The Kier molecular flexibility index (Phi) is 4.09. The number of rotatable bonds is 4. The summed E-state index contributed by atoms with van der Waals surface area (Å²) >= 11 is 0. The van der Waals surface area contributed by atoms with Crippen molar-refractivity contribution in [1.29, 1.82) is 0 Å². The highest BCUT2D eigenvalue weighted by Crippen LogP contribution is 2.24. The largest absolute Gasteiger partial charge is 0.370 e. The van der Waals surface area contributed by atoms with Crippen molar-refractivity contribution in [3.63, 3.8) is 0 Å². The number of aromatic nitrogens is 5. The van der Waals surface area contributed by atoms with E-state index in [1.807, 2.05) is 19.2 Å². The van der Waals surface area contributed by atoms with E-state index < -0.39 is 0 Å². The van der Waals surface area contributed by atoms with Gasteiger partial charge in [-0.2, -0.15) is 4.98 Å². The van der Waals surface area contributed by atoms with Crippen molar-refractivity contribution < 1.29 is 0 Å². The highest BCUT2D eigenvalue weighted by molar-refractivity contribution is 5.86. The molecule has 8 heteroatoms. The molecule has 1 aliphatic rings. The standard InChI is InChI=1S/C17H22N8/c1-3-18-14-4-5-19-17(23-14)25-8-6-24(7-9-25)16-15-13(20-11-21-16)10-12(2)22-15/h4-5,10-11,22H,3,6-9H2,1-2H3,(H,18,19,23). The summed E-state index contributed by atoms with van der Waals surface area (Å²) in [6.45, 7) is 8.42. The second-order valence-corrected chi connectivity index (χ2v) is 6.16. The van der Waals surface area contributed by atoms with Crippen molar-refractivity contribution >= 4 is 28.6 Å². The van der Waals surface area contributed by atoms with Gasteiger partial charge >= 0.3 is 0 Å². The first-order chi connectivity index (χ1) is 12.2. The monoisotopic (exact) mass is 338 g/mol. The molecule has 130 valence electrons. The van der Waals surface area contributed by atoms with Gasteiger partial charge in [-0.05, 0) is 26.0 Å². The minimum absolute atomic E-state index is 0.779. The van der Waals surface area contributed by atoms with Gasteiger partial charge in [-0.15, -0.1) is 0 Å². The summed E-state index contributed by atoms with van der Waals surface area (Å²) < 4.78 is 0. The molecule has 0 aromatic carbocycles. The Labute approximate surface area is 146 Å². The van der Waals surface area contributed by atoms with E-state index in [1.54, 1.807) is 6.33 Å². The Morgan fingerprint density at radius 3 is 2.72 bits per heavy atom. The molecule has 0 saturated carbocycles. The van der Waals surface area contributed by atoms with Crippen LogP contribution in [0.25, 0.3) is 11.0 Å². The number of anilines is 3. The van der Waals surface area contributed by atoms with Gasteiger partial charge < -0.3 is 20.1 Å². The summed E-state index contributed by atoms with van der Waals surface area (Å²) in [5, 5.41) is 3.23. The van der Waals surface area contributed by atoms with Crippen LogP contribution in [-0.2, 0) is 0 Å². The van der Waals surface area contributed by atoms with Gasteiger partial charge in [0, 0.05) is 44.6 Å². The lowest BCUT2D eigenvalue weighted by Gasteiger charge is -2.35. The second kappa shape index (κ2) is 6.54. The number of nitrogens with one attached hydrogen (secondary N) is 2. The molecule has 3 aromatic rings. The van der Waals surface area contributed by atoms with E-state index in [1.165, 1.54) is 0 Å². The quantitative estimate of drug-likeness (QED) is 0.750. The van der Waals surface area contributed by atoms with Crippen molar-refractivity contribution in [2.75, 3.05) is 47.8 Å². The summed E-state index contributed by atoms with van der Waals surface area (Å²) in [5.41, 5.74) is 3.08. The average molecular weight is 338 g/mol. The third-order valence-corrected chi connectivity index (χ3v) is 4.39. The summed E-state index contributed by atoms with van der Waals surface area (Å²) in [4.78, 5) is 25.7. The number of aromatic amines is 1. The van der Waals surface area contributed by atoms with Gasteiger partial charge in [0.2, 0.25) is 5.95 Å². The van der Waals surface area contributed by atoms with Crippen molar-refractivity contribution in [1.82, 2.24) is 24.9 Å². The zero-order valence-electron chi connectivity index (χ0n) is 14.5. The predicted octanol–water partition coefficient (Wildman–Crippen LogP) is 1.81. The van der Waals surface area contributed by atoms with Crippen molar-refractivity contribution in [2.24, 2.45) is 0 Å². The molecule has 1 saturated heterocycles. The number of hydrogen-bond acceptors (Lipinski definition) is 7. The maximum absolute atomic E-state index is 4.59. The van der Waals surface area contributed by atoms with E-state index in [0.717, 1.165) is 67.0 Å². The zero-order chi connectivity index (χ0) is 17.2. The van der Waals surface area contributed by atoms with Crippen molar-refractivity contribution in [3.05, 3.63) is 30.4 Å². The van der Waals surface area contributed by atoms with Gasteiger partial charge in [-0.25, -0.2) is 15.0 Å².